The van der Waals surface area contributed by atoms with E-state index in [4.69, 9.17) is 4.42 Å². The molecular formula is C15H17NO2. The minimum atomic E-state index is -0.198. The molecular weight excluding hydrogens is 226 g/mol. The van der Waals surface area contributed by atoms with Gasteiger partial charge >= 0.3 is 0 Å². The van der Waals surface area contributed by atoms with Crippen LogP contribution in [0, 0.1) is 0 Å². The minimum Gasteiger partial charge on any atom is -0.461 e. The van der Waals surface area contributed by atoms with Gasteiger partial charge in [-0.15, -0.1) is 0 Å². The van der Waals surface area contributed by atoms with Gasteiger partial charge in [0.05, 0.1) is 12.3 Å². The number of likely N-dealkylation sites (N-methyl/N-ethyl adjacent to an activating group) is 1. The fraction of sp³-hybridized carbons (Fsp3) is 0.267. The van der Waals surface area contributed by atoms with Gasteiger partial charge in [-0.3, -0.25) is 9.69 Å². The molecule has 0 aliphatic rings. The summed E-state index contributed by atoms with van der Waals surface area (Å²) in [5, 5.41) is 0. The molecule has 0 saturated heterocycles. The number of hydrogen-bond donors (Lipinski definition) is 0. The van der Waals surface area contributed by atoms with Crippen LogP contribution in [0.2, 0.25) is 0 Å². The Bertz CT molecular complexity index is 490. The number of ketones is 1. The van der Waals surface area contributed by atoms with Crippen molar-refractivity contribution < 1.29 is 9.21 Å². The molecule has 1 atom stereocenters. The Morgan fingerprint density at radius 3 is 2.56 bits per heavy atom. The van der Waals surface area contributed by atoms with E-state index in [0.29, 0.717) is 5.76 Å². The molecule has 1 heterocycles. The van der Waals surface area contributed by atoms with Crippen LogP contribution in [-0.2, 0) is 6.54 Å². The van der Waals surface area contributed by atoms with Crippen molar-refractivity contribution in [1.29, 1.82) is 0 Å². The first kappa shape index (κ1) is 12.6. The highest BCUT2D eigenvalue weighted by molar-refractivity contribution is 5.97. The lowest BCUT2D eigenvalue weighted by atomic mass is 10.1. The van der Waals surface area contributed by atoms with E-state index in [1.165, 1.54) is 11.8 Å². The third kappa shape index (κ3) is 2.87. The van der Waals surface area contributed by atoms with Crippen molar-refractivity contribution in [3.63, 3.8) is 0 Å². The first-order valence-corrected chi connectivity index (χ1v) is 6.00. The summed E-state index contributed by atoms with van der Waals surface area (Å²) in [5.41, 5.74) is 1.19. The third-order valence-electron chi connectivity index (χ3n) is 3.08. The first-order valence-electron chi connectivity index (χ1n) is 6.00. The lowest BCUT2D eigenvalue weighted by Crippen LogP contribution is -2.35. The number of hydrogen-bond acceptors (Lipinski definition) is 3. The number of carbonyl (C=O) groups is 1. The maximum Gasteiger partial charge on any atom is 0.214 e. The van der Waals surface area contributed by atoms with Gasteiger partial charge in [-0.25, -0.2) is 0 Å². The molecule has 2 rings (SSSR count). The van der Waals surface area contributed by atoms with Crippen molar-refractivity contribution in [2.45, 2.75) is 19.5 Å². The normalized spacial score (nSPS) is 12.6. The summed E-state index contributed by atoms with van der Waals surface area (Å²) >= 11 is 0. The van der Waals surface area contributed by atoms with Crippen LogP contribution >= 0.6 is 0 Å². The Morgan fingerprint density at radius 2 is 1.94 bits per heavy atom. The molecule has 3 heteroatoms. The number of carbonyl (C=O) groups excluding carboxylic acids is 1. The van der Waals surface area contributed by atoms with Crippen LogP contribution < -0.4 is 0 Å². The molecule has 0 radical (unpaired) electrons. The second kappa shape index (κ2) is 5.65. The van der Waals surface area contributed by atoms with Crippen molar-refractivity contribution in [2.24, 2.45) is 0 Å². The van der Waals surface area contributed by atoms with Crippen molar-refractivity contribution in [3.05, 3.63) is 60.1 Å². The predicted molar refractivity (Wildman–Crippen MR) is 70.4 cm³/mol. The maximum absolute atomic E-state index is 12.1. The Hall–Kier alpha value is -1.87. The monoisotopic (exact) mass is 243 g/mol. The van der Waals surface area contributed by atoms with Crippen LogP contribution in [0.3, 0.4) is 0 Å². The number of nitrogens with zero attached hydrogens (tertiary/aromatic N) is 1. The average Bonchev–Trinajstić information content (AvgIpc) is 2.92. The Labute approximate surface area is 107 Å². The van der Waals surface area contributed by atoms with Gasteiger partial charge < -0.3 is 4.42 Å². The average molecular weight is 243 g/mol. The maximum atomic E-state index is 12.1. The van der Waals surface area contributed by atoms with Crippen LogP contribution in [0.25, 0.3) is 0 Å². The van der Waals surface area contributed by atoms with Gasteiger partial charge in [0.2, 0.25) is 5.78 Å². The van der Waals surface area contributed by atoms with E-state index < -0.39 is 0 Å². The summed E-state index contributed by atoms with van der Waals surface area (Å²) in [6, 6.07) is 13.3. The zero-order chi connectivity index (χ0) is 13.0. The molecule has 0 fully saturated rings. The smallest absolute Gasteiger partial charge is 0.214 e. The SMILES string of the molecule is CC(C(=O)c1ccco1)N(C)Cc1ccccc1. The molecule has 3 nitrogen and oxygen atoms in total. The number of rotatable bonds is 5. The summed E-state index contributed by atoms with van der Waals surface area (Å²) in [7, 11) is 1.94. The topological polar surface area (TPSA) is 33.5 Å². The lowest BCUT2D eigenvalue weighted by Gasteiger charge is -2.22. The third-order valence-corrected chi connectivity index (χ3v) is 3.08. The van der Waals surface area contributed by atoms with Gasteiger partial charge in [0, 0.05) is 6.54 Å². The molecule has 0 aliphatic heterocycles. The summed E-state index contributed by atoms with van der Waals surface area (Å²) in [4.78, 5) is 14.1. The summed E-state index contributed by atoms with van der Waals surface area (Å²) in [5.74, 6) is 0.431. The fourth-order valence-corrected chi connectivity index (χ4v) is 1.83. The van der Waals surface area contributed by atoms with Gasteiger partial charge in [-0.2, -0.15) is 0 Å². The molecule has 1 aromatic heterocycles. The van der Waals surface area contributed by atoms with Crippen molar-refractivity contribution in [1.82, 2.24) is 4.90 Å². The standard InChI is InChI=1S/C15H17NO2/c1-12(15(17)14-9-6-10-18-14)16(2)11-13-7-4-3-5-8-13/h3-10,12H,11H2,1-2H3. The molecule has 18 heavy (non-hydrogen) atoms. The molecule has 1 aromatic carbocycles. The largest absolute Gasteiger partial charge is 0.461 e. The second-order valence-corrected chi connectivity index (χ2v) is 4.42. The summed E-state index contributed by atoms with van der Waals surface area (Å²) in [6.45, 7) is 2.64. The summed E-state index contributed by atoms with van der Waals surface area (Å²) in [6.07, 6.45) is 1.52. The van der Waals surface area contributed by atoms with Gasteiger partial charge in [0.1, 0.15) is 0 Å². The molecule has 0 N–H and O–H groups in total. The number of Topliss-reactive ketones (excluding diaryl/α,β-unsaturated/α-hetero) is 1. The van der Waals surface area contributed by atoms with E-state index >= 15 is 0 Å². The highest BCUT2D eigenvalue weighted by Crippen LogP contribution is 2.11. The van der Waals surface area contributed by atoms with Gasteiger partial charge in [-0.05, 0) is 31.7 Å². The molecule has 0 spiro atoms. The zero-order valence-corrected chi connectivity index (χ0v) is 10.7. The molecule has 0 saturated carbocycles. The van der Waals surface area contributed by atoms with Crippen LogP contribution in [-0.4, -0.2) is 23.8 Å². The van der Waals surface area contributed by atoms with Crippen LogP contribution in [0.1, 0.15) is 23.0 Å². The van der Waals surface area contributed by atoms with E-state index in [9.17, 15) is 4.79 Å². The molecule has 0 bridgehead atoms. The van der Waals surface area contributed by atoms with E-state index in [1.807, 2.05) is 37.1 Å². The molecule has 1 unspecified atom stereocenters. The van der Waals surface area contributed by atoms with Crippen LogP contribution in [0.4, 0.5) is 0 Å². The first-order chi connectivity index (χ1) is 8.68. The minimum absolute atomic E-state index is 0.0124. The molecule has 0 amide bonds. The Kier molecular flexibility index (Phi) is 3.95. The van der Waals surface area contributed by atoms with Gasteiger partial charge in [0.15, 0.2) is 5.76 Å². The quantitative estimate of drug-likeness (QED) is 0.757. The zero-order valence-electron chi connectivity index (χ0n) is 10.7. The second-order valence-electron chi connectivity index (χ2n) is 4.42. The van der Waals surface area contributed by atoms with Gasteiger partial charge in [-0.1, -0.05) is 30.3 Å². The van der Waals surface area contributed by atoms with Crippen molar-refractivity contribution >= 4 is 5.78 Å². The number of furan rings is 1. The molecule has 0 aliphatic carbocycles. The van der Waals surface area contributed by atoms with Gasteiger partial charge in [0.25, 0.3) is 0 Å². The van der Waals surface area contributed by atoms with Crippen LogP contribution in [0.15, 0.2) is 53.1 Å². The van der Waals surface area contributed by atoms with E-state index in [2.05, 4.69) is 12.1 Å². The summed E-state index contributed by atoms with van der Waals surface area (Å²) < 4.78 is 5.14. The van der Waals surface area contributed by atoms with E-state index in [0.717, 1.165) is 6.54 Å². The Morgan fingerprint density at radius 1 is 1.22 bits per heavy atom. The molecule has 94 valence electrons. The fourth-order valence-electron chi connectivity index (χ4n) is 1.83. The van der Waals surface area contributed by atoms with E-state index in [1.54, 1.807) is 12.1 Å². The van der Waals surface area contributed by atoms with Crippen LogP contribution in [0.5, 0.6) is 0 Å². The highest BCUT2D eigenvalue weighted by atomic mass is 16.3. The van der Waals surface area contributed by atoms with E-state index in [-0.39, 0.29) is 11.8 Å². The predicted octanol–water partition coefficient (Wildman–Crippen LogP) is 2.98. The Balaban J connectivity index is 2.01. The van der Waals surface area contributed by atoms with Crippen molar-refractivity contribution in [2.75, 3.05) is 7.05 Å². The van der Waals surface area contributed by atoms with Crippen molar-refractivity contribution in [3.8, 4) is 0 Å². The highest BCUT2D eigenvalue weighted by Gasteiger charge is 2.21. The number of benzene rings is 1. The molecule has 2 aromatic rings. The lowest BCUT2D eigenvalue weighted by molar-refractivity contribution is 0.0833.